The van der Waals surface area contributed by atoms with E-state index in [1.807, 2.05) is 28.6 Å². The number of methoxy groups -OCH3 is 2. The highest BCUT2D eigenvalue weighted by molar-refractivity contribution is 7.03. The molecule has 1 aromatic heterocycles. The summed E-state index contributed by atoms with van der Waals surface area (Å²) in [4.78, 5) is 16.1. The first kappa shape index (κ1) is 25.7. The zero-order valence-electron chi connectivity index (χ0n) is 22.3. The van der Waals surface area contributed by atoms with Crippen molar-refractivity contribution >= 4 is 23.2 Å². The minimum absolute atomic E-state index is 0.0694. The van der Waals surface area contributed by atoms with Crippen LogP contribution >= 0.6 is 11.5 Å². The number of rotatable bonds is 7. The summed E-state index contributed by atoms with van der Waals surface area (Å²) < 4.78 is 15.0. The SMILES string of the molecule is COc1ccc(C2=NN(C3CCN(Cc4ccc(-c5csnn5)cc4)CC3)C(=O)[C@@H]3CC=CC[C@H]23)cc1OC. The molecule has 9 heteroatoms. The van der Waals surface area contributed by atoms with E-state index >= 15 is 0 Å². The maximum Gasteiger partial charge on any atom is 0.247 e. The summed E-state index contributed by atoms with van der Waals surface area (Å²) in [6.07, 6.45) is 7.73. The Morgan fingerprint density at radius 2 is 1.64 bits per heavy atom. The van der Waals surface area contributed by atoms with Crippen LogP contribution in [0, 0.1) is 11.8 Å². The Bertz CT molecular complexity index is 1360. The van der Waals surface area contributed by atoms with Gasteiger partial charge in [0.05, 0.1) is 31.9 Å². The Balaban J connectivity index is 1.17. The van der Waals surface area contributed by atoms with E-state index < -0.39 is 0 Å². The molecule has 39 heavy (non-hydrogen) atoms. The fourth-order valence-corrected chi connectivity index (χ4v) is 6.44. The third-order valence-electron chi connectivity index (χ3n) is 8.14. The number of hydrogen-bond acceptors (Lipinski definition) is 8. The van der Waals surface area contributed by atoms with E-state index in [1.165, 1.54) is 17.1 Å². The number of hydrazone groups is 1. The van der Waals surface area contributed by atoms with Gasteiger partial charge in [0.25, 0.3) is 0 Å². The molecule has 0 bridgehead atoms. The van der Waals surface area contributed by atoms with Gasteiger partial charge in [-0.05, 0) is 61.0 Å². The normalized spacial score (nSPS) is 21.9. The number of fused-ring (bicyclic) bond motifs is 1. The Labute approximate surface area is 233 Å². The van der Waals surface area contributed by atoms with E-state index in [0.717, 1.165) is 67.9 Å². The molecule has 3 heterocycles. The van der Waals surface area contributed by atoms with E-state index in [-0.39, 0.29) is 23.8 Å². The maximum absolute atomic E-state index is 13.7. The molecule has 3 aliphatic rings. The van der Waals surface area contributed by atoms with Crippen LogP contribution in [-0.4, -0.2) is 64.5 Å². The predicted octanol–water partition coefficient (Wildman–Crippen LogP) is 5.02. The molecule has 3 aromatic rings. The molecule has 6 rings (SSSR count). The molecular weight excluding hydrogens is 510 g/mol. The van der Waals surface area contributed by atoms with Crippen LogP contribution in [0.2, 0.25) is 0 Å². The number of benzene rings is 2. The lowest BCUT2D eigenvalue weighted by atomic mass is 9.76. The summed E-state index contributed by atoms with van der Waals surface area (Å²) in [6.45, 7) is 2.76. The Kier molecular flexibility index (Phi) is 7.43. The van der Waals surface area contributed by atoms with Crippen molar-refractivity contribution in [2.75, 3.05) is 27.3 Å². The van der Waals surface area contributed by atoms with Crippen LogP contribution in [0.25, 0.3) is 11.3 Å². The highest BCUT2D eigenvalue weighted by atomic mass is 32.1. The molecule has 1 saturated heterocycles. The lowest BCUT2D eigenvalue weighted by Crippen LogP contribution is -2.52. The van der Waals surface area contributed by atoms with E-state index in [2.05, 4.69) is 50.9 Å². The number of likely N-dealkylation sites (tertiary alicyclic amines) is 1. The second kappa shape index (κ2) is 11.3. The molecule has 0 saturated carbocycles. The molecule has 202 valence electrons. The number of carbonyl (C=O) groups excluding carboxylic acids is 1. The quantitative estimate of drug-likeness (QED) is 0.390. The Hall–Kier alpha value is -3.56. The van der Waals surface area contributed by atoms with Crippen molar-refractivity contribution in [3.05, 3.63) is 71.1 Å². The highest BCUT2D eigenvalue weighted by Gasteiger charge is 2.42. The third-order valence-corrected chi connectivity index (χ3v) is 8.64. The van der Waals surface area contributed by atoms with Crippen molar-refractivity contribution < 1.29 is 14.3 Å². The first-order chi connectivity index (χ1) is 19.1. The molecule has 0 unspecified atom stereocenters. The average Bonchev–Trinajstić information content (AvgIpc) is 3.53. The lowest BCUT2D eigenvalue weighted by Gasteiger charge is -2.42. The largest absolute Gasteiger partial charge is 0.493 e. The minimum Gasteiger partial charge on any atom is -0.493 e. The van der Waals surface area contributed by atoms with Crippen molar-refractivity contribution in [1.29, 1.82) is 0 Å². The fourth-order valence-electron chi connectivity index (χ4n) is 5.98. The topological polar surface area (TPSA) is 80.2 Å². The zero-order chi connectivity index (χ0) is 26.8. The van der Waals surface area contributed by atoms with Gasteiger partial charge < -0.3 is 9.47 Å². The van der Waals surface area contributed by atoms with Gasteiger partial charge in [-0.3, -0.25) is 9.69 Å². The van der Waals surface area contributed by atoms with Crippen LogP contribution in [0.15, 0.2) is 65.1 Å². The molecule has 8 nitrogen and oxygen atoms in total. The summed E-state index contributed by atoms with van der Waals surface area (Å²) in [7, 11) is 3.28. The number of amides is 1. The second-order valence-electron chi connectivity index (χ2n) is 10.4. The summed E-state index contributed by atoms with van der Waals surface area (Å²) in [5.74, 6) is 1.54. The van der Waals surface area contributed by atoms with Crippen molar-refractivity contribution in [3.8, 4) is 22.8 Å². The predicted molar refractivity (Wildman–Crippen MR) is 152 cm³/mol. The van der Waals surface area contributed by atoms with Crippen LogP contribution in [-0.2, 0) is 11.3 Å². The van der Waals surface area contributed by atoms with Gasteiger partial charge in [0.1, 0.15) is 5.69 Å². The second-order valence-corrected chi connectivity index (χ2v) is 11.0. The number of nitrogens with zero attached hydrogens (tertiary/aromatic N) is 5. The molecule has 2 aromatic carbocycles. The van der Waals surface area contributed by atoms with Gasteiger partial charge >= 0.3 is 0 Å². The molecule has 1 aliphatic carbocycles. The lowest BCUT2D eigenvalue weighted by molar-refractivity contribution is -0.141. The van der Waals surface area contributed by atoms with Gasteiger partial charge in [-0.2, -0.15) is 5.10 Å². The van der Waals surface area contributed by atoms with Gasteiger partial charge in [-0.15, -0.1) is 5.10 Å². The smallest absolute Gasteiger partial charge is 0.247 e. The van der Waals surface area contributed by atoms with Crippen molar-refractivity contribution in [2.45, 2.75) is 38.3 Å². The van der Waals surface area contributed by atoms with Crippen LogP contribution in [0.5, 0.6) is 11.5 Å². The van der Waals surface area contributed by atoms with Gasteiger partial charge in [0.15, 0.2) is 11.5 Å². The first-order valence-electron chi connectivity index (χ1n) is 13.5. The van der Waals surface area contributed by atoms with Crippen LogP contribution < -0.4 is 9.47 Å². The maximum atomic E-state index is 13.7. The van der Waals surface area contributed by atoms with Gasteiger partial charge in [0.2, 0.25) is 5.91 Å². The van der Waals surface area contributed by atoms with Gasteiger partial charge in [0, 0.05) is 42.1 Å². The third kappa shape index (κ3) is 5.21. The molecule has 1 amide bonds. The number of allylic oxidation sites excluding steroid dienone is 2. The summed E-state index contributed by atoms with van der Waals surface area (Å²) in [5, 5.41) is 13.0. The molecule has 1 fully saturated rings. The molecule has 0 spiro atoms. The van der Waals surface area contributed by atoms with E-state index in [0.29, 0.717) is 11.5 Å². The Morgan fingerprint density at radius 1 is 0.923 bits per heavy atom. The molecular formula is C30H33N5O3S. The van der Waals surface area contributed by atoms with Crippen LogP contribution in [0.3, 0.4) is 0 Å². The number of carbonyl (C=O) groups is 1. The number of hydrogen-bond donors (Lipinski definition) is 0. The van der Waals surface area contributed by atoms with Crippen LogP contribution in [0.4, 0.5) is 0 Å². The van der Waals surface area contributed by atoms with E-state index in [4.69, 9.17) is 14.6 Å². The summed E-state index contributed by atoms with van der Waals surface area (Å²) in [5.41, 5.74) is 5.25. The van der Waals surface area contributed by atoms with Crippen LogP contribution in [0.1, 0.15) is 36.8 Å². The van der Waals surface area contributed by atoms with E-state index in [1.54, 1.807) is 14.2 Å². The van der Waals surface area contributed by atoms with Crippen molar-refractivity contribution in [2.24, 2.45) is 16.9 Å². The molecule has 0 radical (unpaired) electrons. The zero-order valence-corrected chi connectivity index (χ0v) is 23.1. The fraction of sp³-hybridized carbons (Fsp3) is 0.400. The molecule has 2 atom stereocenters. The number of ether oxygens (including phenoxy) is 2. The Morgan fingerprint density at radius 3 is 2.33 bits per heavy atom. The standard InChI is InChI=1S/C30H33N5O3S/c1-37-27-12-11-22(17-28(27)38-2)29-24-5-3-4-6-25(24)30(36)35(32-29)23-13-15-34(16-14-23)18-20-7-9-21(10-8-20)26-19-39-33-31-26/h3-4,7-12,17,19,23-25H,5-6,13-16,18H2,1-2H3/t24-,25+/m0/s1. The summed E-state index contributed by atoms with van der Waals surface area (Å²) in [6, 6.07) is 14.6. The first-order valence-corrected chi connectivity index (χ1v) is 14.4. The van der Waals surface area contributed by atoms with Gasteiger partial charge in [-0.1, -0.05) is 40.9 Å². The number of piperidine rings is 1. The van der Waals surface area contributed by atoms with Crippen molar-refractivity contribution in [1.82, 2.24) is 19.5 Å². The van der Waals surface area contributed by atoms with Gasteiger partial charge in [-0.25, -0.2) is 5.01 Å². The highest BCUT2D eigenvalue weighted by Crippen LogP contribution is 2.38. The average molecular weight is 544 g/mol. The summed E-state index contributed by atoms with van der Waals surface area (Å²) >= 11 is 1.37. The monoisotopic (exact) mass is 543 g/mol. The van der Waals surface area contributed by atoms with Crippen molar-refractivity contribution in [3.63, 3.8) is 0 Å². The molecule has 0 N–H and O–H groups in total. The minimum atomic E-state index is -0.0694. The number of aromatic nitrogens is 2. The van der Waals surface area contributed by atoms with E-state index in [9.17, 15) is 4.79 Å². The molecule has 2 aliphatic heterocycles.